The summed E-state index contributed by atoms with van der Waals surface area (Å²) in [6.45, 7) is -3.82. The van der Waals surface area contributed by atoms with Gasteiger partial charge in [0.1, 0.15) is 11.6 Å². The van der Waals surface area contributed by atoms with Crippen LogP contribution in [0.4, 0.5) is 54.0 Å². The van der Waals surface area contributed by atoms with Gasteiger partial charge in [-0.1, -0.05) is 6.07 Å². The average molecular weight is 711 g/mol. The van der Waals surface area contributed by atoms with Gasteiger partial charge in [0.25, 0.3) is 5.91 Å². The predicted octanol–water partition coefficient (Wildman–Crippen LogP) is 8.14. The van der Waals surface area contributed by atoms with E-state index in [1.54, 1.807) is 0 Å². The van der Waals surface area contributed by atoms with Crippen molar-refractivity contribution < 1.29 is 62.6 Å². The first-order valence-corrected chi connectivity index (χ1v) is 11.9. The minimum atomic E-state index is -6.56. The molecule has 0 spiro atoms. The molecule has 0 heterocycles. The maximum absolute atomic E-state index is 15.1. The first-order valence-electron chi connectivity index (χ1n) is 10.9. The van der Waals surface area contributed by atoms with Gasteiger partial charge in [-0.3, -0.25) is 9.59 Å². The summed E-state index contributed by atoms with van der Waals surface area (Å²) < 4.78 is 151. The van der Waals surface area contributed by atoms with Crippen molar-refractivity contribution in [2.75, 3.05) is 5.32 Å². The van der Waals surface area contributed by atoms with E-state index in [1.807, 2.05) is 0 Å². The fourth-order valence-electron chi connectivity index (χ4n) is 3.57. The van der Waals surface area contributed by atoms with E-state index in [0.717, 1.165) is 65.1 Å². The third-order valence-electron chi connectivity index (χ3n) is 5.54. The number of carbonyl (C=O) groups excluding carboxylic acids is 2. The molecule has 0 aliphatic heterocycles. The van der Waals surface area contributed by atoms with Crippen molar-refractivity contribution in [1.82, 2.24) is 0 Å². The maximum atomic E-state index is 15.1. The van der Waals surface area contributed by atoms with Crippen LogP contribution in [-0.2, 0) is 12.1 Å². The molecular formula is C25H13F11INO3. The molecule has 3 rings (SSSR count). The fraction of sp³-hybridized carbons (Fsp3) is 0.200. The molecular weight excluding hydrogens is 698 g/mol. The van der Waals surface area contributed by atoms with Gasteiger partial charge >= 0.3 is 24.6 Å². The largest absolute Gasteiger partial charge is 0.435 e. The van der Waals surface area contributed by atoms with Crippen LogP contribution < -0.4 is 10.1 Å². The Morgan fingerprint density at radius 2 is 1.46 bits per heavy atom. The highest BCUT2D eigenvalue weighted by Gasteiger charge is 2.73. The van der Waals surface area contributed by atoms with Gasteiger partial charge in [-0.25, -0.2) is 13.2 Å². The van der Waals surface area contributed by atoms with E-state index in [9.17, 15) is 53.5 Å². The van der Waals surface area contributed by atoms with Crippen LogP contribution in [0, 0.1) is 15.2 Å². The lowest BCUT2D eigenvalue weighted by Gasteiger charge is -2.31. The van der Waals surface area contributed by atoms with Crippen LogP contribution in [0.3, 0.4) is 0 Å². The van der Waals surface area contributed by atoms with Gasteiger partial charge in [-0.2, -0.15) is 35.1 Å². The number of anilines is 1. The number of rotatable bonds is 8. The summed E-state index contributed by atoms with van der Waals surface area (Å²) in [4.78, 5) is 25.2. The molecule has 16 heteroatoms. The first-order chi connectivity index (χ1) is 18.9. The van der Waals surface area contributed by atoms with E-state index in [2.05, 4.69) is 10.1 Å². The Labute approximate surface area is 236 Å². The molecule has 220 valence electrons. The highest BCUT2D eigenvalue weighted by molar-refractivity contribution is 14.1. The number of amides is 1. The lowest BCUT2D eigenvalue weighted by Crippen LogP contribution is -2.50. The number of ketones is 1. The second-order valence-electron chi connectivity index (χ2n) is 8.20. The second kappa shape index (κ2) is 11.8. The van der Waals surface area contributed by atoms with Gasteiger partial charge in [-0.05, 0) is 71.1 Å². The third-order valence-corrected chi connectivity index (χ3v) is 6.50. The molecule has 0 unspecified atom stereocenters. The van der Waals surface area contributed by atoms with E-state index >= 15 is 4.39 Å². The van der Waals surface area contributed by atoms with E-state index in [0.29, 0.717) is 0 Å². The summed E-state index contributed by atoms with van der Waals surface area (Å²) in [6.07, 6.45) is -14.2. The van der Waals surface area contributed by atoms with Crippen LogP contribution in [0.5, 0.6) is 5.75 Å². The van der Waals surface area contributed by atoms with Crippen molar-refractivity contribution in [2.24, 2.45) is 0 Å². The summed E-state index contributed by atoms with van der Waals surface area (Å²) in [7, 11) is 0. The Morgan fingerprint density at radius 3 is 2.00 bits per heavy atom. The van der Waals surface area contributed by atoms with Crippen LogP contribution >= 0.6 is 22.6 Å². The first kappa shape index (κ1) is 32.1. The molecule has 3 aromatic rings. The Kier molecular flexibility index (Phi) is 9.24. The molecule has 1 amide bonds. The smallest absolute Gasteiger partial charge is 0.434 e. The molecule has 0 bridgehead atoms. The van der Waals surface area contributed by atoms with E-state index in [1.165, 1.54) is 0 Å². The highest BCUT2D eigenvalue weighted by Crippen LogP contribution is 2.54. The van der Waals surface area contributed by atoms with E-state index in [-0.39, 0.29) is 17.7 Å². The van der Waals surface area contributed by atoms with Crippen molar-refractivity contribution in [3.63, 3.8) is 0 Å². The number of ether oxygens (including phenoxy) is 1. The molecule has 0 aromatic heterocycles. The average Bonchev–Trinajstić information content (AvgIpc) is 2.85. The number of Topliss-reactive ketones (excluding diaryl/α,β-unsaturated/α-hetero) is 1. The summed E-state index contributed by atoms with van der Waals surface area (Å²) >= 11 is 1.09. The van der Waals surface area contributed by atoms with Gasteiger partial charge in [0.2, 0.25) is 0 Å². The number of alkyl halides is 9. The fourth-order valence-corrected chi connectivity index (χ4v) is 4.36. The zero-order valence-corrected chi connectivity index (χ0v) is 21.9. The number of hydrogen-bond donors (Lipinski definition) is 1. The molecule has 0 aliphatic carbocycles. The lowest BCUT2D eigenvalue weighted by molar-refractivity contribution is -0.348. The Balaban J connectivity index is 2.01. The number of benzene rings is 3. The van der Waals surface area contributed by atoms with Gasteiger partial charge < -0.3 is 10.1 Å². The van der Waals surface area contributed by atoms with Gasteiger partial charge in [0, 0.05) is 26.7 Å². The van der Waals surface area contributed by atoms with Crippen molar-refractivity contribution in [3.8, 4) is 5.75 Å². The highest BCUT2D eigenvalue weighted by atomic mass is 127. The zero-order valence-electron chi connectivity index (χ0n) is 19.7. The van der Waals surface area contributed by atoms with Gasteiger partial charge in [-0.15, -0.1) is 0 Å². The Bertz CT molecular complexity index is 1440. The summed E-state index contributed by atoms with van der Waals surface area (Å²) in [6, 6.07) is 6.90. The standard InChI is InChI=1S/C25H13F11INO3/c26-13-6-4-11(5-7-13)21(40)38-17-3-1-2-14(20(17)27)18(39)10-15-16(37)8-12(9-19(15)41-22(28)29)23(30,24(31,32)33)25(34,35)36/h1-9,22H,10H2,(H,38,40). The number of halogens is 12. The molecule has 0 aliphatic rings. The van der Waals surface area contributed by atoms with E-state index in [4.69, 9.17) is 0 Å². The van der Waals surface area contributed by atoms with Gasteiger partial charge in [0.05, 0.1) is 11.3 Å². The molecule has 0 saturated heterocycles. The summed E-state index contributed by atoms with van der Waals surface area (Å²) in [5.74, 6) is -5.49. The van der Waals surface area contributed by atoms with Gasteiger partial charge in [0.15, 0.2) is 11.6 Å². The monoisotopic (exact) mass is 711 g/mol. The quantitative estimate of drug-likeness (QED) is 0.146. The molecule has 3 aromatic carbocycles. The number of nitrogens with one attached hydrogen (secondary N) is 1. The Morgan fingerprint density at radius 1 is 0.878 bits per heavy atom. The molecule has 41 heavy (non-hydrogen) atoms. The maximum Gasteiger partial charge on any atom is 0.435 e. The molecule has 0 atom stereocenters. The number of carbonyl (C=O) groups is 2. The minimum Gasteiger partial charge on any atom is -0.434 e. The molecule has 0 saturated carbocycles. The normalized spacial score (nSPS) is 12.4. The molecule has 4 nitrogen and oxygen atoms in total. The van der Waals surface area contributed by atoms with Crippen LogP contribution in [0.2, 0.25) is 0 Å². The zero-order chi connectivity index (χ0) is 30.9. The lowest BCUT2D eigenvalue weighted by atomic mass is 9.91. The van der Waals surface area contributed by atoms with Crippen molar-refractivity contribution in [2.45, 2.75) is 31.1 Å². The predicted molar refractivity (Wildman–Crippen MR) is 129 cm³/mol. The van der Waals surface area contributed by atoms with Crippen LogP contribution in [-0.4, -0.2) is 30.7 Å². The molecule has 0 fully saturated rings. The van der Waals surface area contributed by atoms with Crippen LogP contribution in [0.15, 0.2) is 54.6 Å². The number of hydrogen-bond acceptors (Lipinski definition) is 3. The second-order valence-corrected chi connectivity index (χ2v) is 9.36. The molecule has 1 N–H and O–H groups in total. The summed E-state index contributed by atoms with van der Waals surface area (Å²) in [5.41, 5.74) is -10.2. The Hall–Kier alpha value is -3.44. The topological polar surface area (TPSA) is 55.4 Å². The van der Waals surface area contributed by atoms with Crippen LogP contribution in [0.25, 0.3) is 0 Å². The van der Waals surface area contributed by atoms with Crippen molar-refractivity contribution in [3.05, 3.63) is 92.1 Å². The van der Waals surface area contributed by atoms with Crippen molar-refractivity contribution in [1.29, 1.82) is 0 Å². The summed E-state index contributed by atoms with van der Waals surface area (Å²) in [5, 5.41) is 2.14. The third kappa shape index (κ3) is 6.73. The SMILES string of the molecule is O=C(Nc1cccc(C(=O)Cc2c(I)cc(C(F)(C(F)(F)F)C(F)(F)F)cc2OC(F)F)c1F)c1ccc(F)cc1. The van der Waals surface area contributed by atoms with Crippen LogP contribution in [0.1, 0.15) is 31.8 Å². The molecule has 0 radical (unpaired) electrons. The minimum absolute atomic E-state index is 0.0537. The van der Waals surface area contributed by atoms with E-state index < -0.39 is 86.1 Å². The van der Waals surface area contributed by atoms with Crippen molar-refractivity contribution >= 4 is 40.0 Å².